The maximum atomic E-state index is 3.63. The van der Waals surface area contributed by atoms with Gasteiger partial charge in [0, 0.05) is 12.6 Å². The minimum absolute atomic E-state index is 0.747. The minimum atomic E-state index is 0.747. The third-order valence-corrected chi connectivity index (χ3v) is 4.44. The number of rotatable bonds is 7. The molecule has 0 radical (unpaired) electrons. The molecule has 0 bridgehead atoms. The summed E-state index contributed by atoms with van der Waals surface area (Å²) in [7, 11) is 0. The smallest absolute Gasteiger partial charge is 0.0218 e. The fraction of sp³-hybridized carbons (Fsp3) is 1.00. The second kappa shape index (κ2) is 8.16. The summed E-state index contributed by atoms with van der Waals surface area (Å²) < 4.78 is 0. The van der Waals surface area contributed by atoms with Crippen LogP contribution >= 0.6 is 0 Å². The molecule has 0 aromatic heterocycles. The van der Waals surface area contributed by atoms with E-state index in [0.29, 0.717) is 0 Å². The van der Waals surface area contributed by atoms with Gasteiger partial charge < -0.3 is 5.32 Å². The average molecular weight is 254 g/mol. The van der Waals surface area contributed by atoms with Crippen LogP contribution in [0.3, 0.4) is 0 Å². The molecule has 2 nitrogen and oxygen atoms in total. The van der Waals surface area contributed by atoms with Gasteiger partial charge in [0.05, 0.1) is 0 Å². The molecule has 18 heavy (non-hydrogen) atoms. The SMILES string of the molecule is CCC(CNCC(C)C)N1CCC(C(C)C)CC1. The predicted molar refractivity (Wildman–Crippen MR) is 80.9 cm³/mol. The second-order valence-electron chi connectivity index (χ2n) is 6.73. The first-order chi connectivity index (χ1) is 8.54. The molecule has 1 fully saturated rings. The molecule has 0 saturated carbocycles. The van der Waals surface area contributed by atoms with Crippen LogP contribution in [0.1, 0.15) is 53.9 Å². The normalized spacial score (nSPS) is 20.8. The van der Waals surface area contributed by atoms with Crippen LogP contribution in [0.25, 0.3) is 0 Å². The van der Waals surface area contributed by atoms with Crippen molar-refractivity contribution in [3.63, 3.8) is 0 Å². The largest absolute Gasteiger partial charge is 0.315 e. The Balaban J connectivity index is 2.29. The summed E-state index contributed by atoms with van der Waals surface area (Å²) >= 11 is 0. The predicted octanol–water partition coefficient (Wildman–Crippen LogP) is 3.38. The molecule has 0 aromatic rings. The Morgan fingerprint density at radius 2 is 1.67 bits per heavy atom. The summed E-state index contributed by atoms with van der Waals surface area (Å²) in [5.74, 6) is 2.59. The van der Waals surface area contributed by atoms with Gasteiger partial charge in [0.2, 0.25) is 0 Å². The van der Waals surface area contributed by atoms with E-state index in [1.165, 1.54) is 38.9 Å². The zero-order chi connectivity index (χ0) is 13.5. The van der Waals surface area contributed by atoms with Crippen molar-refractivity contribution in [3.8, 4) is 0 Å². The van der Waals surface area contributed by atoms with Crippen LogP contribution in [-0.2, 0) is 0 Å². The summed E-state index contributed by atoms with van der Waals surface area (Å²) in [6.45, 7) is 16.6. The van der Waals surface area contributed by atoms with Crippen molar-refractivity contribution in [3.05, 3.63) is 0 Å². The third-order valence-electron chi connectivity index (χ3n) is 4.44. The highest BCUT2D eigenvalue weighted by molar-refractivity contribution is 4.80. The molecule has 1 aliphatic heterocycles. The Bertz CT molecular complexity index is 202. The van der Waals surface area contributed by atoms with Crippen molar-refractivity contribution in [2.45, 2.75) is 59.9 Å². The highest BCUT2D eigenvalue weighted by atomic mass is 15.2. The molecule has 2 heteroatoms. The number of likely N-dealkylation sites (tertiary alicyclic amines) is 1. The van der Waals surface area contributed by atoms with Crippen LogP contribution in [0.15, 0.2) is 0 Å². The van der Waals surface area contributed by atoms with E-state index in [0.717, 1.165) is 30.3 Å². The van der Waals surface area contributed by atoms with Crippen LogP contribution in [0.2, 0.25) is 0 Å². The molecular formula is C16H34N2. The quantitative estimate of drug-likeness (QED) is 0.749. The number of hydrogen-bond donors (Lipinski definition) is 1. The van der Waals surface area contributed by atoms with E-state index in [2.05, 4.69) is 44.8 Å². The summed E-state index contributed by atoms with van der Waals surface area (Å²) in [6.07, 6.45) is 4.08. The van der Waals surface area contributed by atoms with E-state index in [1.54, 1.807) is 0 Å². The molecule has 0 aromatic carbocycles. The highest BCUT2D eigenvalue weighted by Gasteiger charge is 2.25. The molecule has 108 valence electrons. The van der Waals surface area contributed by atoms with Gasteiger partial charge in [-0.2, -0.15) is 0 Å². The minimum Gasteiger partial charge on any atom is -0.315 e. The van der Waals surface area contributed by atoms with E-state index < -0.39 is 0 Å². The van der Waals surface area contributed by atoms with Gasteiger partial charge >= 0.3 is 0 Å². The topological polar surface area (TPSA) is 15.3 Å². The molecule has 1 unspecified atom stereocenters. The van der Waals surface area contributed by atoms with Crippen molar-refractivity contribution in [1.82, 2.24) is 10.2 Å². The zero-order valence-corrected chi connectivity index (χ0v) is 13.2. The van der Waals surface area contributed by atoms with Crippen LogP contribution in [0.4, 0.5) is 0 Å². The molecule has 1 rings (SSSR count). The molecule has 0 aliphatic carbocycles. The Labute approximate surface area is 115 Å². The van der Waals surface area contributed by atoms with E-state index in [-0.39, 0.29) is 0 Å². The first kappa shape index (κ1) is 16.0. The Morgan fingerprint density at radius 3 is 2.11 bits per heavy atom. The van der Waals surface area contributed by atoms with Gasteiger partial charge in [-0.3, -0.25) is 4.90 Å². The van der Waals surface area contributed by atoms with E-state index in [1.807, 2.05) is 0 Å². The second-order valence-corrected chi connectivity index (χ2v) is 6.73. The lowest BCUT2D eigenvalue weighted by Crippen LogP contribution is -2.47. The Kier molecular flexibility index (Phi) is 7.25. The number of nitrogens with zero attached hydrogens (tertiary/aromatic N) is 1. The van der Waals surface area contributed by atoms with Crippen molar-refractivity contribution >= 4 is 0 Å². The number of piperidine rings is 1. The maximum absolute atomic E-state index is 3.63. The Morgan fingerprint density at radius 1 is 1.06 bits per heavy atom. The summed E-state index contributed by atoms with van der Waals surface area (Å²) in [4.78, 5) is 2.71. The first-order valence-electron chi connectivity index (χ1n) is 7.99. The van der Waals surface area contributed by atoms with Crippen molar-refractivity contribution < 1.29 is 0 Å². The molecule has 0 amide bonds. The fourth-order valence-electron chi connectivity index (χ4n) is 3.02. The van der Waals surface area contributed by atoms with Crippen LogP contribution in [0, 0.1) is 17.8 Å². The molecule has 1 N–H and O–H groups in total. The van der Waals surface area contributed by atoms with Crippen LogP contribution in [-0.4, -0.2) is 37.1 Å². The van der Waals surface area contributed by atoms with Crippen LogP contribution in [0.5, 0.6) is 0 Å². The van der Waals surface area contributed by atoms with E-state index in [9.17, 15) is 0 Å². The van der Waals surface area contributed by atoms with Gasteiger partial charge in [0.1, 0.15) is 0 Å². The van der Waals surface area contributed by atoms with E-state index >= 15 is 0 Å². The molecule has 1 saturated heterocycles. The van der Waals surface area contributed by atoms with Gasteiger partial charge in [-0.15, -0.1) is 0 Å². The lowest BCUT2D eigenvalue weighted by Gasteiger charge is -2.38. The van der Waals surface area contributed by atoms with Gasteiger partial charge in [-0.05, 0) is 56.7 Å². The number of hydrogen-bond acceptors (Lipinski definition) is 2. The zero-order valence-electron chi connectivity index (χ0n) is 13.2. The van der Waals surface area contributed by atoms with Gasteiger partial charge in [-0.1, -0.05) is 34.6 Å². The first-order valence-corrected chi connectivity index (χ1v) is 7.99. The van der Waals surface area contributed by atoms with Crippen molar-refractivity contribution in [1.29, 1.82) is 0 Å². The fourth-order valence-corrected chi connectivity index (χ4v) is 3.02. The molecule has 1 atom stereocenters. The summed E-state index contributed by atoms with van der Waals surface area (Å²) in [5, 5.41) is 3.63. The monoisotopic (exact) mass is 254 g/mol. The van der Waals surface area contributed by atoms with Gasteiger partial charge in [0.15, 0.2) is 0 Å². The maximum Gasteiger partial charge on any atom is 0.0218 e. The summed E-state index contributed by atoms with van der Waals surface area (Å²) in [5.41, 5.74) is 0. The number of nitrogens with one attached hydrogen (secondary N) is 1. The molecule has 0 spiro atoms. The Hall–Kier alpha value is -0.0800. The van der Waals surface area contributed by atoms with E-state index in [4.69, 9.17) is 0 Å². The van der Waals surface area contributed by atoms with Crippen molar-refractivity contribution in [2.24, 2.45) is 17.8 Å². The molecule has 1 aliphatic rings. The lowest BCUT2D eigenvalue weighted by molar-refractivity contribution is 0.110. The standard InChI is InChI=1S/C16H34N2/c1-6-16(12-17-11-13(2)3)18-9-7-15(8-10-18)14(4)5/h13-17H,6-12H2,1-5H3. The molecular weight excluding hydrogens is 220 g/mol. The average Bonchev–Trinajstić information content (AvgIpc) is 2.34. The van der Waals surface area contributed by atoms with Crippen molar-refractivity contribution in [2.75, 3.05) is 26.2 Å². The van der Waals surface area contributed by atoms with Gasteiger partial charge in [0.25, 0.3) is 0 Å². The summed E-state index contributed by atoms with van der Waals surface area (Å²) in [6, 6.07) is 0.747. The van der Waals surface area contributed by atoms with Gasteiger partial charge in [-0.25, -0.2) is 0 Å². The third kappa shape index (κ3) is 5.27. The lowest BCUT2D eigenvalue weighted by atomic mass is 9.86. The highest BCUT2D eigenvalue weighted by Crippen LogP contribution is 2.25. The van der Waals surface area contributed by atoms with Crippen LogP contribution < -0.4 is 5.32 Å². The molecule has 1 heterocycles.